The van der Waals surface area contributed by atoms with Crippen LogP contribution in [0.4, 0.5) is 5.69 Å². The van der Waals surface area contributed by atoms with Gasteiger partial charge in [0, 0.05) is 35.0 Å². The van der Waals surface area contributed by atoms with E-state index < -0.39 is 0 Å². The number of rotatable bonds is 2. The molecule has 2 N–H and O–H groups in total. The van der Waals surface area contributed by atoms with Gasteiger partial charge in [0.05, 0.1) is 0 Å². The number of hydrogen-bond acceptors (Lipinski definition) is 3. The van der Waals surface area contributed by atoms with Gasteiger partial charge in [-0.15, -0.1) is 0 Å². The number of amides is 1. The smallest absolute Gasteiger partial charge is 0.246 e. The van der Waals surface area contributed by atoms with Gasteiger partial charge in [-0.25, -0.2) is 0 Å². The zero-order valence-corrected chi connectivity index (χ0v) is 11.5. The molecule has 96 valence electrons. The second-order valence-corrected chi connectivity index (χ2v) is 5.62. The molecule has 0 saturated carbocycles. The van der Waals surface area contributed by atoms with E-state index in [1.165, 1.54) is 0 Å². The van der Waals surface area contributed by atoms with Crippen LogP contribution in [0.5, 0.6) is 0 Å². The maximum Gasteiger partial charge on any atom is 0.246 e. The molecule has 1 amide bonds. The molecule has 2 aliphatic rings. The van der Waals surface area contributed by atoms with Gasteiger partial charge in [-0.2, -0.15) is 0 Å². The Bertz CT molecular complexity index is 472. The van der Waals surface area contributed by atoms with Gasteiger partial charge in [0.25, 0.3) is 0 Å². The van der Waals surface area contributed by atoms with Crippen molar-refractivity contribution in [3.63, 3.8) is 0 Å². The number of anilines is 1. The first-order chi connectivity index (χ1) is 8.74. The molecule has 2 aliphatic heterocycles. The van der Waals surface area contributed by atoms with Crippen LogP contribution >= 0.6 is 15.9 Å². The van der Waals surface area contributed by atoms with Crippen molar-refractivity contribution < 1.29 is 9.53 Å². The highest BCUT2D eigenvalue weighted by atomic mass is 79.9. The van der Waals surface area contributed by atoms with E-state index in [4.69, 9.17) is 4.74 Å². The molecule has 0 spiro atoms. The van der Waals surface area contributed by atoms with E-state index in [-0.39, 0.29) is 11.9 Å². The van der Waals surface area contributed by atoms with Crippen molar-refractivity contribution in [2.24, 2.45) is 0 Å². The third kappa shape index (κ3) is 2.30. The van der Waals surface area contributed by atoms with E-state index in [1.54, 1.807) is 0 Å². The summed E-state index contributed by atoms with van der Waals surface area (Å²) < 4.78 is 6.33. The number of fused-ring (bicyclic) bond motifs is 1. The van der Waals surface area contributed by atoms with Crippen LogP contribution in [0.15, 0.2) is 22.7 Å². The Morgan fingerprint density at radius 3 is 2.89 bits per heavy atom. The van der Waals surface area contributed by atoms with Crippen LogP contribution in [0.3, 0.4) is 0 Å². The first-order valence-electron chi connectivity index (χ1n) is 6.18. The van der Waals surface area contributed by atoms with E-state index in [0.717, 1.165) is 41.8 Å². The maximum absolute atomic E-state index is 12.0. The van der Waals surface area contributed by atoms with Crippen LogP contribution < -0.4 is 10.6 Å². The highest BCUT2D eigenvalue weighted by molar-refractivity contribution is 9.10. The quantitative estimate of drug-likeness (QED) is 0.880. The Balaban J connectivity index is 1.80. The second-order valence-electron chi connectivity index (χ2n) is 4.71. The molecular weight excluding hydrogens is 296 g/mol. The van der Waals surface area contributed by atoms with Crippen molar-refractivity contribution >= 4 is 27.5 Å². The fraction of sp³-hybridized carbons (Fsp3) is 0.462. The van der Waals surface area contributed by atoms with Gasteiger partial charge < -0.3 is 10.1 Å². The van der Waals surface area contributed by atoms with Crippen molar-refractivity contribution in [3.8, 4) is 0 Å². The van der Waals surface area contributed by atoms with Gasteiger partial charge in [-0.3, -0.25) is 10.1 Å². The zero-order valence-electron chi connectivity index (χ0n) is 9.91. The fourth-order valence-corrected chi connectivity index (χ4v) is 2.88. The largest absolute Gasteiger partial charge is 0.381 e. The molecule has 1 saturated heterocycles. The van der Waals surface area contributed by atoms with E-state index in [9.17, 15) is 4.79 Å². The minimum absolute atomic E-state index is 0.0367. The third-order valence-electron chi connectivity index (χ3n) is 3.47. The third-order valence-corrected chi connectivity index (χ3v) is 3.96. The highest BCUT2D eigenvalue weighted by Gasteiger charge is 2.32. The topological polar surface area (TPSA) is 50.4 Å². The Kier molecular flexibility index (Phi) is 3.37. The molecule has 0 aliphatic carbocycles. The molecular formula is C13H15BrN2O2. The zero-order chi connectivity index (χ0) is 12.5. The van der Waals surface area contributed by atoms with Crippen LogP contribution in [0, 0.1) is 0 Å². The summed E-state index contributed by atoms with van der Waals surface area (Å²) in [7, 11) is 0. The summed E-state index contributed by atoms with van der Waals surface area (Å²) in [6.07, 6.45) is 1.93. The predicted octanol–water partition coefficient (Wildman–Crippen LogP) is 2.21. The minimum atomic E-state index is -0.236. The van der Waals surface area contributed by atoms with Crippen LogP contribution in [0.1, 0.15) is 24.4 Å². The molecule has 0 radical (unpaired) electrons. The molecule has 1 aromatic rings. The second kappa shape index (κ2) is 4.99. The van der Waals surface area contributed by atoms with E-state index in [2.05, 4.69) is 26.6 Å². The number of carbonyl (C=O) groups excluding carboxylic acids is 1. The molecule has 18 heavy (non-hydrogen) atoms. The summed E-state index contributed by atoms with van der Waals surface area (Å²) in [5, 5.41) is 6.35. The number of ether oxygens (including phenoxy) is 1. The lowest BCUT2D eigenvalue weighted by Gasteiger charge is -2.25. The number of hydrogen-bond donors (Lipinski definition) is 2. The minimum Gasteiger partial charge on any atom is -0.381 e. The maximum atomic E-state index is 12.0. The summed E-state index contributed by atoms with van der Waals surface area (Å²) in [6, 6.07) is 6.00. The SMILES string of the molecule is O=C1Nc2ccc(Br)cc2C1NC1CCOCC1. The average Bonchev–Trinajstić information content (AvgIpc) is 2.67. The number of carbonyl (C=O) groups is 1. The molecule has 1 fully saturated rings. The predicted molar refractivity (Wildman–Crippen MR) is 72.5 cm³/mol. The van der Waals surface area contributed by atoms with E-state index in [0.29, 0.717) is 6.04 Å². The molecule has 1 aromatic carbocycles. The molecule has 5 heteroatoms. The standard InChI is InChI=1S/C13H15BrN2O2/c14-8-1-2-11-10(7-8)12(13(17)16-11)15-9-3-5-18-6-4-9/h1-2,7,9,12,15H,3-6H2,(H,16,17). The Morgan fingerprint density at radius 1 is 1.33 bits per heavy atom. The Hall–Kier alpha value is -0.910. The van der Waals surface area contributed by atoms with Crippen molar-refractivity contribution in [2.45, 2.75) is 24.9 Å². The van der Waals surface area contributed by atoms with Crippen LogP contribution in [0.2, 0.25) is 0 Å². The molecule has 1 unspecified atom stereocenters. The number of benzene rings is 1. The number of halogens is 1. The van der Waals surface area contributed by atoms with Gasteiger partial charge in [0.15, 0.2) is 0 Å². The molecule has 4 nitrogen and oxygen atoms in total. The van der Waals surface area contributed by atoms with Crippen LogP contribution in [0.25, 0.3) is 0 Å². The molecule has 3 rings (SSSR count). The van der Waals surface area contributed by atoms with E-state index >= 15 is 0 Å². The van der Waals surface area contributed by atoms with Crippen molar-refractivity contribution in [1.82, 2.24) is 5.32 Å². The summed E-state index contributed by atoms with van der Waals surface area (Å²) in [5.74, 6) is 0.0367. The Morgan fingerprint density at radius 2 is 2.11 bits per heavy atom. The summed E-state index contributed by atoms with van der Waals surface area (Å²) in [4.78, 5) is 12.0. The fourth-order valence-electron chi connectivity index (χ4n) is 2.50. The first kappa shape index (κ1) is 12.1. The van der Waals surface area contributed by atoms with Crippen LogP contribution in [-0.2, 0) is 9.53 Å². The van der Waals surface area contributed by atoms with Gasteiger partial charge in [-0.05, 0) is 31.0 Å². The number of nitrogens with one attached hydrogen (secondary N) is 2. The van der Waals surface area contributed by atoms with Gasteiger partial charge in [0.2, 0.25) is 5.91 Å². The summed E-state index contributed by atoms with van der Waals surface area (Å²) in [5.41, 5.74) is 1.94. The Labute approximate surface area is 114 Å². The lowest BCUT2D eigenvalue weighted by Crippen LogP contribution is -2.39. The van der Waals surface area contributed by atoms with Crippen molar-refractivity contribution in [1.29, 1.82) is 0 Å². The lowest BCUT2D eigenvalue weighted by atomic mass is 10.0. The lowest BCUT2D eigenvalue weighted by molar-refractivity contribution is -0.118. The van der Waals surface area contributed by atoms with Gasteiger partial charge >= 0.3 is 0 Å². The first-order valence-corrected chi connectivity index (χ1v) is 6.97. The van der Waals surface area contributed by atoms with Gasteiger partial charge in [-0.1, -0.05) is 15.9 Å². The summed E-state index contributed by atoms with van der Waals surface area (Å²) in [6.45, 7) is 1.55. The highest BCUT2D eigenvalue weighted by Crippen LogP contribution is 2.33. The van der Waals surface area contributed by atoms with Crippen LogP contribution in [-0.4, -0.2) is 25.2 Å². The summed E-state index contributed by atoms with van der Waals surface area (Å²) >= 11 is 3.45. The molecule has 1 atom stereocenters. The van der Waals surface area contributed by atoms with Crippen molar-refractivity contribution in [2.75, 3.05) is 18.5 Å². The molecule has 0 bridgehead atoms. The van der Waals surface area contributed by atoms with Crippen molar-refractivity contribution in [3.05, 3.63) is 28.2 Å². The average molecular weight is 311 g/mol. The normalized spacial score (nSPS) is 23.8. The van der Waals surface area contributed by atoms with Gasteiger partial charge in [0.1, 0.15) is 6.04 Å². The van der Waals surface area contributed by atoms with E-state index in [1.807, 2.05) is 18.2 Å². The molecule has 2 heterocycles. The molecule has 0 aromatic heterocycles. The monoisotopic (exact) mass is 310 g/mol.